The predicted octanol–water partition coefficient (Wildman–Crippen LogP) is 4.72. The van der Waals surface area contributed by atoms with Gasteiger partial charge in [-0.15, -0.1) is 0 Å². The van der Waals surface area contributed by atoms with Crippen molar-refractivity contribution < 1.29 is 22.7 Å². The number of nitrogens with zero attached hydrogens (tertiary/aromatic N) is 2. The maximum Gasteiger partial charge on any atom is 0.404 e. The molecule has 200 valence electrons. The number of aryl methyl sites for hydroxylation is 1. The van der Waals surface area contributed by atoms with E-state index in [9.17, 15) is 22.8 Å². The number of fused-ring (bicyclic) bond motifs is 1. The van der Waals surface area contributed by atoms with Crippen LogP contribution in [0.25, 0.3) is 10.9 Å². The van der Waals surface area contributed by atoms with E-state index in [2.05, 4.69) is 10.3 Å². The maximum atomic E-state index is 13.7. The van der Waals surface area contributed by atoms with E-state index in [0.717, 1.165) is 10.9 Å². The second-order valence-electron chi connectivity index (χ2n) is 9.92. The lowest BCUT2D eigenvalue weighted by Gasteiger charge is -2.40. The molecular weight excluding hydrogens is 485 g/mol. The zero-order valence-corrected chi connectivity index (χ0v) is 21.7. The zero-order chi connectivity index (χ0) is 27.1. The van der Waals surface area contributed by atoms with Crippen LogP contribution >= 0.6 is 0 Å². The van der Waals surface area contributed by atoms with Gasteiger partial charge in [0.05, 0.1) is 24.8 Å². The number of pyridine rings is 1. The van der Waals surface area contributed by atoms with Crippen molar-refractivity contribution in [2.24, 2.45) is 5.92 Å². The molecule has 1 aliphatic rings. The molecule has 1 fully saturated rings. The summed E-state index contributed by atoms with van der Waals surface area (Å²) >= 11 is 0. The standard InChI is InChI=1S/C27H33F3N4O3/c1-15-12-22(37-5)20(25(35)32-15)14-31-26(36)24-17(3)34(21-9-7-6-8-19(21)24)16(2)18-10-11-33(4)23(13-18)27(28,29)30/h6-9,12,16,18,23H,10-11,13-14H2,1-5H3,(H,31,36)(H,32,35)/t16-,18-,23-/m1/s1. The Bertz CT molecular complexity index is 1360. The van der Waals surface area contributed by atoms with Crippen molar-refractivity contribution in [3.05, 3.63) is 63.2 Å². The minimum Gasteiger partial charge on any atom is -0.496 e. The Morgan fingerprint density at radius 1 is 1.27 bits per heavy atom. The summed E-state index contributed by atoms with van der Waals surface area (Å²) in [6.45, 7) is 5.82. The van der Waals surface area contributed by atoms with E-state index in [1.165, 1.54) is 19.1 Å². The largest absolute Gasteiger partial charge is 0.496 e. The van der Waals surface area contributed by atoms with Crippen LogP contribution in [0.4, 0.5) is 13.2 Å². The molecule has 37 heavy (non-hydrogen) atoms. The summed E-state index contributed by atoms with van der Waals surface area (Å²) in [6.07, 6.45) is -3.65. The number of aromatic amines is 1. The molecule has 1 amide bonds. The minimum atomic E-state index is -4.29. The summed E-state index contributed by atoms with van der Waals surface area (Å²) in [4.78, 5) is 30.0. The number of para-hydroxylation sites is 1. The van der Waals surface area contributed by atoms with Crippen LogP contribution in [0.5, 0.6) is 5.75 Å². The van der Waals surface area contributed by atoms with E-state index >= 15 is 0 Å². The van der Waals surface area contributed by atoms with Gasteiger partial charge < -0.3 is 19.6 Å². The van der Waals surface area contributed by atoms with Gasteiger partial charge in [-0.1, -0.05) is 18.2 Å². The molecule has 0 saturated carbocycles. The third-order valence-corrected chi connectivity index (χ3v) is 7.64. The first kappa shape index (κ1) is 26.8. The number of methoxy groups -OCH3 is 1. The Morgan fingerprint density at radius 3 is 2.65 bits per heavy atom. The van der Waals surface area contributed by atoms with Crippen LogP contribution in [0, 0.1) is 19.8 Å². The molecule has 0 unspecified atom stereocenters. The van der Waals surface area contributed by atoms with Crippen molar-refractivity contribution in [1.82, 2.24) is 19.8 Å². The average molecular weight is 519 g/mol. The molecule has 0 bridgehead atoms. The van der Waals surface area contributed by atoms with E-state index in [0.29, 0.717) is 41.2 Å². The molecule has 0 radical (unpaired) electrons. The number of aromatic nitrogens is 2. The molecule has 0 spiro atoms. The molecule has 0 aliphatic carbocycles. The quantitative estimate of drug-likeness (QED) is 0.495. The number of nitrogens with one attached hydrogen (secondary N) is 2. The number of carbonyl (C=O) groups is 1. The minimum absolute atomic E-state index is 0.00460. The van der Waals surface area contributed by atoms with Crippen LogP contribution in [0.15, 0.2) is 35.1 Å². The normalized spacial score (nSPS) is 19.7. The van der Waals surface area contributed by atoms with Crippen LogP contribution in [-0.2, 0) is 6.54 Å². The number of hydrogen-bond donors (Lipinski definition) is 2. The highest BCUT2D eigenvalue weighted by molar-refractivity contribution is 6.08. The van der Waals surface area contributed by atoms with Crippen LogP contribution in [0.1, 0.15) is 53.1 Å². The highest BCUT2D eigenvalue weighted by Crippen LogP contribution is 2.40. The summed E-state index contributed by atoms with van der Waals surface area (Å²) in [6, 6.07) is 7.38. The van der Waals surface area contributed by atoms with Gasteiger partial charge >= 0.3 is 6.18 Å². The summed E-state index contributed by atoms with van der Waals surface area (Å²) in [5.41, 5.74) is 2.54. The maximum absolute atomic E-state index is 13.7. The fraction of sp³-hybridized carbons (Fsp3) is 0.481. The lowest BCUT2D eigenvalue weighted by atomic mass is 9.85. The Labute approximate surface area is 213 Å². The summed E-state index contributed by atoms with van der Waals surface area (Å²) in [7, 11) is 2.98. The zero-order valence-electron chi connectivity index (χ0n) is 21.7. The first-order valence-corrected chi connectivity index (χ1v) is 12.4. The fourth-order valence-corrected chi connectivity index (χ4v) is 5.64. The molecule has 3 aromatic rings. The molecule has 4 rings (SSSR count). The third kappa shape index (κ3) is 5.12. The van der Waals surface area contributed by atoms with Gasteiger partial charge in [0.25, 0.3) is 11.5 Å². The number of benzene rings is 1. The number of amides is 1. The second kappa shape index (κ2) is 10.2. The summed E-state index contributed by atoms with van der Waals surface area (Å²) in [5, 5.41) is 3.56. The molecule has 2 N–H and O–H groups in total. The molecule has 1 aliphatic heterocycles. The van der Waals surface area contributed by atoms with Gasteiger partial charge in [-0.3, -0.25) is 14.5 Å². The number of hydrogen-bond acceptors (Lipinski definition) is 4. The topological polar surface area (TPSA) is 79.4 Å². The Morgan fingerprint density at radius 2 is 1.97 bits per heavy atom. The van der Waals surface area contributed by atoms with Crippen LogP contribution in [0.2, 0.25) is 0 Å². The third-order valence-electron chi connectivity index (χ3n) is 7.64. The molecule has 3 atom stereocenters. The Kier molecular flexibility index (Phi) is 7.41. The van der Waals surface area contributed by atoms with Gasteiger partial charge in [-0.2, -0.15) is 13.2 Å². The molecular formula is C27H33F3N4O3. The molecule has 7 nitrogen and oxygen atoms in total. The number of halogens is 3. The van der Waals surface area contributed by atoms with Crippen molar-refractivity contribution in [3.63, 3.8) is 0 Å². The van der Waals surface area contributed by atoms with E-state index in [1.807, 2.05) is 42.7 Å². The number of likely N-dealkylation sites (tertiary alicyclic amines) is 1. The lowest BCUT2D eigenvalue weighted by molar-refractivity contribution is -0.192. The molecule has 10 heteroatoms. The van der Waals surface area contributed by atoms with E-state index in [4.69, 9.17) is 4.74 Å². The summed E-state index contributed by atoms with van der Waals surface area (Å²) < 4.78 is 48.3. The molecule has 2 aromatic heterocycles. The van der Waals surface area contributed by atoms with Crippen LogP contribution < -0.4 is 15.6 Å². The molecule has 1 aromatic carbocycles. The van der Waals surface area contributed by atoms with Crippen molar-refractivity contribution in [1.29, 1.82) is 0 Å². The number of piperidine rings is 1. The van der Waals surface area contributed by atoms with Crippen LogP contribution in [-0.4, -0.2) is 53.3 Å². The van der Waals surface area contributed by atoms with Crippen molar-refractivity contribution in [2.45, 2.75) is 58.4 Å². The van der Waals surface area contributed by atoms with Crippen molar-refractivity contribution in [3.8, 4) is 5.75 Å². The number of carbonyl (C=O) groups excluding carboxylic acids is 1. The Balaban J connectivity index is 1.66. The number of alkyl halides is 3. The smallest absolute Gasteiger partial charge is 0.404 e. The SMILES string of the molecule is COc1cc(C)[nH]c(=O)c1CNC(=O)c1c(C)n([C@H](C)[C@@H]2CCN(C)[C@@H](C(F)(F)F)C2)c2ccccc12. The van der Waals surface area contributed by atoms with E-state index < -0.39 is 12.2 Å². The monoisotopic (exact) mass is 518 g/mol. The van der Waals surface area contributed by atoms with Crippen LogP contribution in [0.3, 0.4) is 0 Å². The van der Waals surface area contributed by atoms with Crippen molar-refractivity contribution >= 4 is 16.8 Å². The number of ether oxygens (including phenoxy) is 1. The molecule has 3 heterocycles. The van der Waals surface area contributed by atoms with Gasteiger partial charge in [0.15, 0.2) is 0 Å². The van der Waals surface area contributed by atoms with Gasteiger partial charge in [0, 0.05) is 28.3 Å². The van der Waals surface area contributed by atoms with Gasteiger partial charge in [-0.25, -0.2) is 0 Å². The van der Waals surface area contributed by atoms with E-state index in [-0.39, 0.29) is 36.4 Å². The Hall–Kier alpha value is -3.27. The number of rotatable bonds is 6. The second-order valence-corrected chi connectivity index (χ2v) is 9.92. The van der Waals surface area contributed by atoms with Crippen molar-refractivity contribution in [2.75, 3.05) is 20.7 Å². The lowest BCUT2D eigenvalue weighted by Crippen LogP contribution is -2.49. The van der Waals surface area contributed by atoms with E-state index in [1.54, 1.807) is 13.0 Å². The fourth-order valence-electron chi connectivity index (χ4n) is 5.64. The first-order valence-electron chi connectivity index (χ1n) is 12.4. The van der Waals surface area contributed by atoms with Gasteiger partial charge in [0.2, 0.25) is 0 Å². The molecule has 1 saturated heterocycles. The predicted molar refractivity (Wildman–Crippen MR) is 136 cm³/mol. The first-order chi connectivity index (χ1) is 17.4. The van der Waals surface area contributed by atoms with Gasteiger partial charge in [0.1, 0.15) is 11.8 Å². The average Bonchev–Trinajstić information content (AvgIpc) is 3.13. The van der Waals surface area contributed by atoms with Gasteiger partial charge in [-0.05, 0) is 65.3 Å². The highest BCUT2D eigenvalue weighted by atomic mass is 19.4. The number of H-pyrrole nitrogens is 1. The summed E-state index contributed by atoms with van der Waals surface area (Å²) in [5.74, 6) is -0.183. The highest BCUT2D eigenvalue weighted by Gasteiger charge is 2.46.